The fraction of sp³-hybridized carbons (Fsp3) is 0. The SMILES string of the molecule is Fc1ccc(-c2ccc(-c3ccc(Cl)cc3)nc2)cc1. The van der Waals surface area contributed by atoms with Crippen molar-refractivity contribution in [2.75, 3.05) is 0 Å². The van der Waals surface area contributed by atoms with Crippen molar-refractivity contribution < 1.29 is 4.39 Å². The molecule has 0 amide bonds. The van der Waals surface area contributed by atoms with Crippen molar-refractivity contribution in [3.63, 3.8) is 0 Å². The van der Waals surface area contributed by atoms with E-state index in [-0.39, 0.29) is 5.82 Å². The van der Waals surface area contributed by atoms with E-state index in [4.69, 9.17) is 11.6 Å². The van der Waals surface area contributed by atoms with Crippen molar-refractivity contribution in [3.05, 3.63) is 77.7 Å². The number of rotatable bonds is 2. The summed E-state index contributed by atoms with van der Waals surface area (Å²) in [5.41, 5.74) is 3.80. The standard InChI is InChI=1S/C17H11ClFN/c18-15-6-1-13(2-7-15)17-10-5-14(11-20-17)12-3-8-16(19)9-4-12/h1-11H. The van der Waals surface area contributed by atoms with Crippen molar-refractivity contribution in [1.29, 1.82) is 0 Å². The highest BCUT2D eigenvalue weighted by Gasteiger charge is 2.02. The summed E-state index contributed by atoms with van der Waals surface area (Å²) >= 11 is 5.87. The predicted octanol–water partition coefficient (Wildman–Crippen LogP) is 5.21. The highest BCUT2D eigenvalue weighted by Crippen LogP contribution is 2.23. The van der Waals surface area contributed by atoms with Gasteiger partial charge in [0.1, 0.15) is 5.82 Å². The molecule has 98 valence electrons. The molecule has 3 rings (SSSR count). The van der Waals surface area contributed by atoms with Gasteiger partial charge < -0.3 is 0 Å². The Morgan fingerprint density at radius 2 is 1.30 bits per heavy atom. The van der Waals surface area contributed by atoms with Crippen LogP contribution in [0.15, 0.2) is 66.9 Å². The van der Waals surface area contributed by atoms with E-state index >= 15 is 0 Å². The Bertz CT molecular complexity index is 639. The van der Waals surface area contributed by atoms with Crippen LogP contribution in [0.4, 0.5) is 4.39 Å². The van der Waals surface area contributed by atoms with Crippen LogP contribution < -0.4 is 0 Å². The minimum absolute atomic E-state index is 0.237. The van der Waals surface area contributed by atoms with E-state index in [1.807, 2.05) is 36.4 Å². The van der Waals surface area contributed by atoms with Gasteiger partial charge in [-0.15, -0.1) is 0 Å². The smallest absolute Gasteiger partial charge is 0.123 e. The van der Waals surface area contributed by atoms with Crippen LogP contribution in [0.3, 0.4) is 0 Å². The quantitative estimate of drug-likeness (QED) is 0.629. The average molecular weight is 284 g/mol. The monoisotopic (exact) mass is 283 g/mol. The van der Waals surface area contributed by atoms with Gasteiger partial charge in [-0.05, 0) is 35.9 Å². The summed E-state index contributed by atoms with van der Waals surface area (Å²) < 4.78 is 12.9. The lowest BCUT2D eigenvalue weighted by Crippen LogP contribution is -1.85. The molecular weight excluding hydrogens is 273 g/mol. The van der Waals surface area contributed by atoms with Gasteiger partial charge in [0.15, 0.2) is 0 Å². The molecule has 3 aromatic rings. The van der Waals surface area contributed by atoms with E-state index in [9.17, 15) is 4.39 Å². The Labute approximate surface area is 121 Å². The molecule has 0 bridgehead atoms. The summed E-state index contributed by atoms with van der Waals surface area (Å²) in [6.07, 6.45) is 1.79. The third-order valence-corrected chi connectivity index (χ3v) is 3.33. The lowest BCUT2D eigenvalue weighted by Gasteiger charge is -2.04. The number of halogens is 2. The molecule has 1 heterocycles. The van der Waals surface area contributed by atoms with Gasteiger partial charge in [0, 0.05) is 22.3 Å². The van der Waals surface area contributed by atoms with Crippen molar-refractivity contribution in [2.24, 2.45) is 0 Å². The number of pyridine rings is 1. The molecule has 1 nitrogen and oxygen atoms in total. The summed E-state index contributed by atoms with van der Waals surface area (Å²) in [7, 11) is 0. The van der Waals surface area contributed by atoms with Crippen molar-refractivity contribution in [2.45, 2.75) is 0 Å². The lowest BCUT2D eigenvalue weighted by atomic mass is 10.1. The van der Waals surface area contributed by atoms with Gasteiger partial charge in [-0.1, -0.05) is 41.9 Å². The summed E-state index contributed by atoms with van der Waals surface area (Å²) in [5, 5.41) is 0.705. The van der Waals surface area contributed by atoms with Crippen LogP contribution in [0.25, 0.3) is 22.4 Å². The Hall–Kier alpha value is -2.19. The van der Waals surface area contributed by atoms with Crippen molar-refractivity contribution >= 4 is 11.6 Å². The first kappa shape index (κ1) is 12.8. The average Bonchev–Trinajstić information content (AvgIpc) is 2.49. The molecule has 0 saturated carbocycles. The first-order valence-electron chi connectivity index (χ1n) is 6.20. The largest absolute Gasteiger partial charge is 0.256 e. The first-order chi connectivity index (χ1) is 9.72. The maximum Gasteiger partial charge on any atom is 0.123 e. The van der Waals surface area contributed by atoms with Gasteiger partial charge in [-0.3, -0.25) is 4.98 Å². The normalized spacial score (nSPS) is 10.5. The van der Waals surface area contributed by atoms with Crippen LogP contribution in [-0.4, -0.2) is 4.98 Å². The second-order valence-corrected chi connectivity index (χ2v) is 4.88. The van der Waals surface area contributed by atoms with Crippen LogP contribution in [0.5, 0.6) is 0 Å². The maximum atomic E-state index is 12.9. The Morgan fingerprint density at radius 1 is 0.700 bits per heavy atom. The van der Waals surface area contributed by atoms with Crippen LogP contribution in [0, 0.1) is 5.82 Å². The molecule has 2 aromatic carbocycles. The maximum absolute atomic E-state index is 12.9. The highest BCUT2D eigenvalue weighted by atomic mass is 35.5. The number of aromatic nitrogens is 1. The van der Waals surface area contributed by atoms with Gasteiger partial charge in [0.2, 0.25) is 0 Å². The number of nitrogens with zero attached hydrogens (tertiary/aromatic N) is 1. The zero-order valence-electron chi connectivity index (χ0n) is 10.6. The van der Waals surface area contributed by atoms with Gasteiger partial charge in [-0.2, -0.15) is 0 Å². The number of hydrogen-bond acceptors (Lipinski definition) is 1. The van der Waals surface area contributed by atoms with Gasteiger partial charge in [0.05, 0.1) is 5.69 Å². The first-order valence-corrected chi connectivity index (χ1v) is 6.58. The molecule has 0 aliphatic carbocycles. The molecule has 0 spiro atoms. The molecule has 0 aliphatic rings. The van der Waals surface area contributed by atoms with Crippen LogP contribution in [-0.2, 0) is 0 Å². The molecule has 0 atom stereocenters. The summed E-state index contributed by atoms with van der Waals surface area (Å²) in [4.78, 5) is 4.44. The van der Waals surface area contributed by atoms with Crippen molar-refractivity contribution in [1.82, 2.24) is 4.98 Å². The van der Waals surface area contributed by atoms with Crippen LogP contribution in [0.1, 0.15) is 0 Å². The fourth-order valence-electron chi connectivity index (χ4n) is 2.00. The number of benzene rings is 2. The molecule has 0 N–H and O–H groups in total. The molecule has 0 radical (unpaired) electrons. The molecule has 1 aromatic heterocycles. The van der Waals surface area contributed by atoms with E-state index in [0.29, 0.717) is 5.02 Å². The van der Waals surface area contributed by atoms with E-state index in [1.54, 1.807) is 18.3 Å². The second-order valence-electron chi connectivity index (χ2n) is 4.45. The minimum atomic E-state index is -0.237. The topological polar surface area (TPSA) is 12.9 Å². The summed E-state index contributed by atoms with van der Waals surface area (Å²) in [6.45, 7) is 0. The summed E-state index contributed by atoms with van der Waals surface area (Å²) in [6, 6.07) is 17.9. The Kier molecular flexibility index (Phi) is 3.48. The lowest BCUT2D eigenvalue weighted by molar-refractivity contribution is 0.628. The Balaban J connectivity index is 1.91. The summed E-state index contributed by atoms with van der Waals surface area (Å²) in [5.74, 6) is -0.237. The second kappa shape index (κ2) is 5.43. The van der Waals surface area contributed by atoms with E-state index in [1.165, 1.54) is 12.1 Å². The Morgan fingerprint density at radius 3 is 1.90 bits per heavy atom. The molecule has 0 aliphatic heterocycles. The minimum Gasteiger partial charge on any atom is -0.256 e. The molecular formula is C17H11ClFN. The zero-order valence-corrected chi connectivity index (χ0v) is 11.3. The predicted molar refractivity (Wildman–Crippen MR) is 80.1 cm³/mol. The van der Waals surface area contributed by atoms with E-state index < -0.39 is 0 Å². The fourth-order valence-corrected chi connectivity index (χ4v) is 2.12. The zero-order chi connectivity index (χ0) is 13.9. The van der Waals surface area contributed by atoms with Gasteiger partial charge >= 0.3 is 0 Å². The highest BCUT2D eigenvalue weighted by molar-refractivity contribution is 6.30. The number of hydrogen-bond donors (Lipinski definition) is 0. The van der Waals surface area contributed by atoms with Crippen molar-refractivity contribution in [3.8, 4) is 22.4 Å². The third-order valence-electron chi connectivity index (χ3n) is 3.08. The van der Waals surface area contributed by atoms with E-state index in [0.717, 1.165) is 22.4 Å². The van der Waals surface area contributed by atoms with Crippen LogP contribution >= 0.6 is 11.6 Å². The molecule has 3 heteroatoms. The third kappa shape index (κ3) is 2.70. The van der Waals surface area contributed by atoms with Gasteiger partial charge in [0.25, 0.3) is 0 Å². The molecule has 0 saturated heterocycles. The van der Waals surface area contributed by atoms with E-state index in [2.05, 4.69) is 4.98 Å². The molecule has 20 heavy (non-hydrogen) atoms. The molecule has 0 fully saturated rings. The molecule has 0 unspecified atom stereocenters. The van der Waals surface area contributed by atoms with Crippen LogP contribution in [0.2, 0.25) is 5.02 Å². The van der Waals surface area contributed by atoms with Gasteiger partial charge in [-0.25, -0.2) is 4.39 Å².